The van der Waals surface area contributed by atoms with E-state index in [1.807, 2.05) is 18.2 Å². The lowest BCUT2D eigenvalue weighted by Crippen LogP contribution is -2.66. The van der Waals surface area contributed by atoms with E-state index in [9.17, 15) is 77.6 Å². The number of nitrogens with two attached hydrogens (primary N) is 1. The number of cyclic esters (lactones) is 1. The van der Waals surface area contributed by atoms with Crippen molar-refractivity contribution in [3.63, 3.8) is 0 Å². The van der Waals surface area contributed by atoms with Crippen LogP contribution in [0.4, 0.5) is 4.79 Å². The Balaban J connectivity index is 1.03. The van der Waals surface area contributed by atoms with Crippen LogP contribution in [0.15, 0.2) is 125 Å². The normalized spacial score (nSPS) is 27.2. The molecule has 7 heterocycles. The number of carbonyl (C=O) groups is 20. The number of carboxylic acid groups (broad SMARTS) is 3. The molecule has 17 amide bonds. The van der Waals surface area contributed by atoms with Crippen molar-refractivity contribution in [2.24, 2.45) is 11.1 Å². The maximum atomic E-state index is 16.0. The minimum absolute atomic E-state index is 0.00944. The molecule has 3 aromatic carbocycles. The fraction of sp³-hybridized carbons (Fsp3) is 0.510. The SMILES string of the molecule is CC(=O)N1CCC[C@]12C/C=C\CCC[C@]1(CCC/C=C/CCCOC(=O)N3CC[C@@]4(C3)NC(=O)[C@H](CCCCNC(=O)CC[C@@H](C(N)=O)NC(=O)[C@H](Cc3csc5ccccc35)NC(=O)[C@H](Cc3ccsc3)NC4=O)NC(=O)[C@H](Cc3ccccc3)NC(=O)[C@H](C)NC(=O)[C@H](C)NC(=O)[C@H](Cc3cccc(C(=O)O)c3)NC(=O)[C@H](CC(=O)O)NC1=O)NC(=O)[C@H](CC(C)(C)C)NC(=O)[C@H](CC(=O)O)NC2=O. The van der Waals surface area contributed by atoms with Gasteiger partial charge in [0.05, 0.1) is 31.6 Å². The lowest BCUT2D eigenvalue weighted by atomic mass is 9.83. The first-order chi connectivity index (χ1) is 67.0. The van der Waals surface area contributed by atoms with E-state index in [0.717, 1.165) is 15.0 Å². The zero-order valence-corrected chi connectivity index (χ0v) is 81.3. The first kappa shape index (κ1) is 109. The van der Waals surface area contributed by atoms with Gasteiger partial charge in [-0.1, -0.05) is 106 Å². The number of fused-ring (bicyclic) bond motifs is 4. The van der Waals surface area contributed by atoms with Gasteiger partial charge in [0, 0.05) is 63.4 Å². The van der Waals surface area contributed by atoms with E-state index in [0.29, 0.717) is 23.1 Å². The molecule has 3 bridgehead atoms. The van der Waals surface area contributed by atoms with Crippen molar-refractivity contribution in [2.75, 3.05) is 32.8 Å². The van der Waals surface area contributed by atoms with Crippen LogP contribution in [0.3, 0.4) is 0 Å². The molecule has 0 aliphatic carbocycles. The number of carbonyl (C=O) groups excluding carboxylic acids is 17. The molecule has 0 radical (unpaired) electrons. The van der Waals surface area contributed by atoms with Crippen LogP contribution in [0, 0.1) is 5.41 Å². The average molecular weight is 1990 g/mol. The van der Waals surface area contributed by atoms with Crippen molar-refractivity contribution in [3.8, 4) is 0 Å². The van der Waals surface area contributed by atoms with Gasteiger partial charge in [-0.2, -0.15) is 11.3 Å². The number of rotatable bonds is 15. The number of hydrogen-bond donors (Lipinski definition) is 18. The van der Waals surface area contributed by atoms with Crippen molar-refractivity contribution in [3.05, 3.63) is 153 Å². The number of aliphatic carboxylic acids is 2. The highest BCUT2D eigenvalue weighted by Crippen LogP contribution is 2.36. The maximum Gasteiger partial charge on any atom is 0.409 e. The number of thiophene rings is 2. The first-order valence-electron chi connectivity index (χ1n) is 47.4. The van der Waals surface area contributed by atoms with Crippen LogP contribution in [0.1, 0.15) is 203 Å². The highest BCUT2D eigenvalue weighted by molar-refractivity contribution is 7.17. The second-order valence-corrected chi connectivity index (χ2v) is 39.3. The molecule has 43 heteroatoms. The van der Waals surface area contributed by atoms with Crippen LogP contribution < -0.4 is 80.2 Å². The van der Waals surface area contributed by atoms with Gasteiger partial charge in [0.25, 0.3) is 0 Å². The predicted octanol–water partition coefficient (Wildman–Crippen LogP) is 2.84. The molecule has 5 aliphatic rings. The number of primary amides is 1. The Labute approximate surface area is 822 Å². The van der Waals surface area contributed by atoms with Gasteiger partial charge in [-0.25, -0.2) is 9.59 Å². The molecule has 19 N–H and O–H groups in total. The Morgan fingerprint density at radius 2 is 1.04 bits per heavy atom. The van der Waals surface area contributed by atoms with Crippen LogP contribution in [0.2, 0.25) is 0 Å². The van der Waals surface area contributed by atoms with Gasteiger partial charge in [-0.05, 0) is 196 Å². The Morgan fingerprint density at radius 1 is 0.496 bits per heavy atom. The summed E-state index contributed by atoms with van der Waals surface area (Å²) in [6.07, 6.45) is 1.43. The summed E-state index contributed by atoms with van der Waals surface area (Å²) in [4.78, 5) is 293. The molecule has 2 aromatic heterocycles. The minimum Gasteiger partial charge on any atom is -0.481 e. The molecule has 3 fully saturated rings. The number of nitrogens with zero attached hydrogens (tertiary/aromatic N) is 2. The van der Waals surface area contributed by atoms with Crippen LogP contribution in [0.25, 0.3) is 10.1 Å². The number of hydrogen-bond acceptors (Lipinski definition) is 23. The fourth-order valence-corrected chi connectivity index (χ4v) is 19.5. The lowest BCUT2D eigenvalue weighted by Gasteiger charge is -2.38. The predicted molar refractivity (Wildman–Crippen MR) is 516 cm³/mol. The van der Waals surface area contributed by atoms with Gasteiger partial charge in [0.15, 0.2) is 0 Å². The molecule has 14 atom stereocenters. The third-order valence-corrected chi connectivity index (χ3v) is 27.2. The molecule has 141 heavy (non-hydrogen) atoms. The molecule has 3 spiro atoms. The number of benzene rings is 3. The molecule has 5 aromatic rings. The monoisotopic (exact) mass is 1990 g/mol. The number of carboxylic acids is 3. The molecule has 5 aliphatic heterocycles. The molecule has 0 saturated carbocycles. The van der Waals surface area contributed by atoms with Crippen molar-refractivity contribution in [1.29, 1.82) is 0 Å². The number of allylic oxidation sites excluding steroid dienone is 3. The third kappa shape index (κ3) is 31.2. The summed E-state index contributed by atoms with van der Waals surface area (Å²) in [7, 11) is 0. The fourth-order valence-electron chi connectivity index (χ4n) is 17.8. The molecule has 0 unspecified atom stereocenters. The summed E-state index contributed by atoms with van der Waals surface area (Å²) in [5.41, 5.74) is 0.498. The second-order valence-electron chi connectivity index (χ2n) is 37.7. The van der Waals surface area contributed by atoms with Gasteiger partial charge in [-0.3, -0.25) is 86.3 Å². The van der Waals surface area contributed by atoms with Crippen molar-refractivity contribution < 1.29 is 116 Å². The van der Waals surface area contributed by atoms with Gasteiger partial charge in [0.1, 0.15) is 83.1 Å². The number of nitrogens with one attached hydrogen (secondary N) is 14. The van der Waals surface area contributed by atoms with Gasteiger partial charge < -0.3 is 110 Å². The van der Waals surface area contributed by atoms with E-state index < -0.39 is 233 Å². The molecular weight excluding hydrogens is 1860 g/mol. The second kappa shape index (κ2) is 50.7. The molecule has 760 valence electrons. The van der Waals surface area contributed by atoms with Crippen molar-refractivity contribution in [1.82, 2.24) is 84.2 Å². The smallest absolute Gasteiger partial charge is 0.409 e. The molecule has 41 nitrogen and oxygen atoms in total. The molecule has 3 saturated heterocycles. The summed E-state index contributed by atoms with van der Waals surface area (Å²) in [5, 5.41) is 74.4. The topological polar surface area (TPSA) is 612 Å². The van der Waals surface area contributed by atoms with Crippen LogP contribution in [0.5, 0.6) is 0 Å². The van der Waals surface area contributed by atoms with Gasteiger partial charge >= 0.3 is 24.0 Å². The Hall–Kier alpha value is -14.0. The Kier molecular flexibility index (Phi) is 39.2. The standard InChI is InChI=1S/C98H127N17O24S2/c1-57-80(123)101-58(2)81(124)105-68(47-60-26-14-13-15-27-60)83(126)104-67-31-18-22-41-100-76(117)34-33-66(79(99)122)103-85(128)71(50-64-55-141-75-32-17-16-30-65(64)75)107-84(127)70(49-62-35-45-140-54-62)109-92(136)97(113-88(67)131)40-43-114(56-97)94(138)139-44-23-12-8-7-9-19-36-96(91(135)110-72(51-77(118)119)86(129)106-69(82(125)102-57)48-61-28-24-29-63(46-61)90(133)134)37-20-10-11-21-38-98(39-25-42-115(98)59(3)116)93(137)111-73(52-78(120)121)87(130)108-74(89(132)112-96)53-95(4,5)6/h7-8,11,13-17,21,24,26-30,32,35,45-46,54-55,57-58,66-74H,9-10,12,18-20,22-23,25,31,33-34,36-44,47-53,56H2,1-6H3,(H2,99,122)(H,100,117)(H,101,123)(H,102,125)(H,103,128)(H,104,126)(H,105,124)(H,106,129)(H,107,127)(H,108,130)(H,109,136)(H,110,135)(H,111,137)(H,112,132)(H,113,131)(H,118,119)(H,120,121)(H,133,134)/b8-7+,21-11-/t57-,58-,66-,67-,68-,69-,70-,71-,72-,73-,74-,96-,97-,98-/m0/s1. The largest absolute Gasteiger partial charge is 0.481 e. The summed E-state index contributed by atoms with van der Waals surface area (Å²) in [6, 6.07) is 3.99. The third-order valence-electron chi connectivity index (χ3n) is 25.5. The quantitative estimate of drug-likeness (QED) is 0.0670. The Morgan fingerprint density at radius 3 is 1.69 bits per heavy atom. The van der Waals surface area contributed by atoms with E-state index in [-0.39, 0.29) is 166 Å². The first-order valence-corrected chi connectivity index (χ1v) is 49.2. The zero-order chi connectivity index (χ0) is 102. The summed E-state index contributed by atoms with van der Waals surface area (Å²) >= 11 is 2.65. The zero-order valence-electron chi connectivity index (χ0n) is 79.7. The summed E-state index contributed by atoms with van der Waals surface area (Å²) < 4.78 is 6.72. The van der Waals surface area contributed by atoms with E-state index in [2.05, 4.69) is 74.4 Å². The molecule has 10 rings (SSSR count). The van der Waals surface area contributed by atoms with Crippen molar-refractivity contribution >= 4 is 151 Å². The number of ether oxygens (including phenoxy) is 1. The van der Waals surface area contributed by atoms with Crippen molar-refractivity contribution in [2.45, 2.75) is 279 Å². The number of amides is 17. The number of likely N-dealkylation sites (tertiary alicyclic amines) is 1. The maximum absolute atomic E-state index is 16.0. The summed E-state index contributed by atoms with van der Waals surface area (Å²) in [6.45, 7) is 7.78. The Bertz CT molecular complexity index is 5490. The van der Waals surface area contributed by atoms with E-state index >= 15 is 33.6 Å². The van der Waals surface area contributed by atoms with Gasteiger partial charge in [-0.15, -0.1) is 11.3 Å². The van der Waals surface area contributed by atoms with E-state index in [1.165, 1.54) is 72.6 Å². The van der Waals surface area contributed by atoms with E-state index in [4.69, 9.17) is 10.5 Å². The highest BCUT2D eigenvalue weighted by Gasteiger charge is 2.53. The minimum atomic E-state index is -2.20. The number of aromatic carboxylic acids is 1. The summed E-state index contributed by atoms with van der Waals surface area (Å²) in [5.74, 6) is -20.1. The van der Waals surface area contributed by atoms with Gasteiger partial charge in [0.2, 0.25) is 94.5 Å². The lowest BCUT2D eigenvalue weighted by molar-refractivity contribution is -0.146. The molecular formula is C98H127N17O24S2. The highest BCUT2D eigenvalue weighted by atomic mass is 32.1. The van der Waals surface area contributed by atoms with Crippen LogP contribution >= 0.6 is 22.7 Å². The van der Waals surface area contributed by atoms with Crippen LogP contribution in [-0.2, 0) is 117 Å². The van der Waals surface area contributed by atoms with Crippen LogP contribution in [-0.4, -0.2) is 259 Å². The van der Waals surface area contributed by atoms with E-state index in [1.54, 1.807) is 104 Å². The average Bonchev–Trinajstić information content (AvgIpc) is 1.66.